The van der Waals surface area contributed by atoms with Crippen LogP contribution in [0.5, 0.6) is 0 Å². The molecule has 0 spiro atoms. The van der Waals surface area contributed by atoms with Gasteiger partial charge in [-0.25, -0.2) is 19.0 Å². The number of rotatable bonds is 12. The molecule has 2 aromatic rings. The summed E-state index contributed by atoms with van der Waals surface area (Å²) in [4.78, 5) is 52.4. The summed E-state index contributed by atoms with van der Waals surface area (Å²) in [7, 11) is 2.79. The van der Waals surface area contributed by atoms with Gasteiger partial charge >= 0.3 is 24.5 Å². The minimum absolute atomic E-state index is 0. The maximum absolute atomic E-state index is 13.0. The van der Waals surface area contributed by atoms with Crippen LogP contribution in [0.3, 0.4) is 0 Å². The second-order valence-electron chi connectivity index (χ2n) is 18.4. The van der Waals surface area contributed by atoms with Gasteiger partial charge in [0.15, 0.2) is 9.84 Å². The molecule has 4 aliphatic rings. The number of carboxylic acids is 1. The summed E-state index contributed by atoms with van der Waals surface area (Å²) in [5.74, 6) is -5.43. The number of sulfone groups is 1. The smallest absolute Gasteiger partial charge is 0.391 e. The number of fused-ring (bicyclic) bond motifs is 1. The van der Waals surface area contributed by atoms with E-state index in [0.717, 1.165) is 22.0 Å². The Bertz CT molecular complexity index is 2050. The van der Waals surface area contributed by atoms with E-state index in [4.69, 9.17) is 9.94 Å². The minimum atomic E-state index is -4.15. The van der Waals surface area contributed by atoms with Crippen LogP contribution in [0.4, 0.5) is 39.5 Å². The number of nitrogens with one attached hydrogen (secondary N) is 2. The number of alkyl halides is 9. The van der Waals surface area contributed by atoms with E-state index in [-0.39, 0.29) is 124 Å². The highest BCUT2D eigenvalue weighted by Crippen LogP contribution is 2.46. The van der Waals surface area contributed by atoms with Crippen LogP contribution in [-0.2, 0) is 42.2 Å². The number of thiophene rings is 1. The molecule has 0 bridgehead atoms. The fourth-order valence-corrected chi connectivity index (χ4v) is 11.3. The molecule has 3 heterocycles. The third-order valence-corrected chi connectivity index (χ3v) is 16.3. The topological polar surface area (TPSA) is 167 Å². The van der Waals surface area contributed by atoms with Gasteiger partial charge in [0.25, 0.3) is 5.91 Å². The highest BCUT2D eigenvalue weighted by molar-refractivity contribution is 7.91. The lowest BCUT2D eigenvalue weighted by atomic mass is 9.81. The number of carboxylic acid groups (broad SMARTS) is 1. The summed E-state index contributed by atoms with van der Waals surface area (Å²) in [6.45, 7) is 7.53. The number of aromatic nitrogens is 1. The van der Waals surface area contributed by atoms with Gasteiger partial charge in [0.2, 0.25) is 5.91 Å². The lowest BCUT2D eigenvalue weighted by molar-refractivity contribution is -0.191. The average Bonchev–Trinajstić information content (AvgIpc) is 3.88. The number of nitrogens with zero attached hydrogens (tertiary/aromatic N) is 3. The summed E-state index contributed by atoms with van der Waals surface area (Å²) in [6.07, 6.45) is -8.53. The highest BCUT2D eigenvalue weighted by Gasteiger charge is 2.45. The molecule has 2 amide bonds. The molecular weight excluding hydrogens is 1020 g/mol. The number of pyridine rings is 1. The normalized spacial score (nSPS) is 23.8. The average molecular weight is 1090 g/mol. The van der Waals surface area contributed by atoms with Crippen molar-refractivity contribution in [3.63, 3.8) is 0 Å². The van der Waals surface area contributed by atoms with Crippen molar-refractivity contribution in [2.24, 2.45) is 41.4 Å². The quantitative estimate of drug-likeness (QED) is 0.137. The molecule has 1 aliphatic heterocycles. The number of amides is 2. The first-order valence-corrected chi connectivity index (χ1v) is 25.8. The van der Waals surface area contributed by atoms with Crippen LogP contribution in [0, 0.1) is 41.4 Å². The Morgan fingerprint density at radius 2 is 1.32 bits per heavy atom. The zero-order valence-corrected chi connectivity index (χ0v) is 43.5. The molecule has 2 aromatic heterocycles. The molecule has 1 unspecified atom stereocenters. The molecule has 0 radical (unpaired) electrons. The zero-order valence-electron chi connectivity index (χ0n) is 41.0. The van der Waals surface area contributed by atoms with Crippen LogP contribution < -0.4 is 10.8 Å². The van der Waals surface area contributed by atoms with Gasteiger partial charge in [-0.05, 0) is 113 Å². The van der Waals surface area contributed by atoms with Gasteiger partial charge in [-0.2, -0.15) is 39.5 Å². The Labute approximate surface area is 420 Å². The Morgan fingerprint density at radius 3 is 1.72 bits per heavy atom. The van der Waals surface area contributed by atoms with Crippen LogP contribution in [-0.4, -0.2) is 105 Å². The Hall–Kier alpha value is -3.29. The fourth-order valence-electron chi connectivity index (χ4n) is 9.12. The molecule has 1 atom stereocenters. The van der Waals surface area contributed by atoms with Crippen LogP contribution in [0.1, 0.15) is 130 Å². The predicted octanol–water partition coefficient (Wildman–Crippen LogP) is 10.8. The van der Waals surface area contributed by atoms with Gasteiger partial charge in [0.05, 0.1) is 65.7 Å². The lowest BCUT2D eigenvalue weighted by Crippen LogP contribution is -2.36. The first-order chi connectivity index (χ1) is 32.6. The maximum Gasteiger partial charge on any atom is 0.391 e. The van der Waals surface area contributed by atoms with Gasteiger partial charge in [-0.1, -0.05) is 20.8 Å². The zero-order chi connectivity index (χ0) is 52.8. The van der Waals surface area contributed by atoms with Crippen LogP contribution >= 0.6 is 23.7 Å². The molecular formula is C46H69ClF9N5O8S2. The van der Waals surface area contributed by atoms with Crippen molar-refractivity contribution in [2.45, 2.75) is 140 Å². The first-order valence-electron chi connectivity index (χ1n) is 23.3. The van der Waals surface area contributed by atoms with E-state index in [9.17, 15) is 62.3 Å². The van der Waals surface area contributed by atoms with Crippen molar-refractivity contribution in [1.29, 1.82) is 0 Å². The predicted molar refractivity (Wildman–Crippen MR) is 251 cm³/mol. The van der Waals surface area contributed by atoms with Crippen LogP contribution in [0.25, 0.3) is 0 Å². The Morgan fingerprint density at radius 1 is 0.845 bits per heavy atom. The monoisotopic (exact) mass is 1090 g/mol. The summed E-state index contributed by atoms with van der Waals surface area (Å²) in [5, 5.41) is 12.5. The number of hydrogen-bond donors (Lipinski definition) is 3. The molecule has 3 aliphatic carbocycles. The summed E-state index contributed by atoms with van der Waals surface area (Å²) in [6, 6.07) is 5.18. The van der Waals surface area contributed by atoms with E-state index < -0.39 is 58.0 Å². The molecule has 3 N–H and O–H groups in total. The molecule has 0 aromatic carbocycles. The number of carbonyl (C=O) groups is 3. The second kappa shape index (κ2) is 28.4. The molecule has 3 saturated carbocycles. The third-order valence-electron chi connectivity index (χ3n) is 13.4. The molecule has 0 saturated heterocycles. The van der Waals surface area contributed by atoms with Crippen LogP contribution in [0.15, 0.2) is 29.3 Å². The van der Waals surface area contributed by atoms with Crippen LogP contribution in [0.2, 0.25) is 0 Å². The molecule has 6 rings (SSSR count). The number of hydrogen-bond acceptors (Lipinski definition) is 11. The van der Waals surface area contributed by atoms with Crippen molar-refractivity contribution in [1.82, 2.24) is 25.7 Å². The lowest BCUT2D eigenvalue weighted by Gasteiger charge is -2.35. The molecule has 408 valence electrons. The highest BCUT2D eigenvalue weighted by atomic mass is 35.5. The van der Waals surface area contributed by atoms with E-state index in [0.29, 0.717) is 35.9 Å². The van der Waals surface area contributed by atoms with E-state index >= 15 is 0 Å². The maximum atomic E-state index is 13.0. The van der Waals surface area contributed by atoms with Crippen molar-refractivity contribution in [2.75, 3.05) is 40.6 Å². The van der Waals surface area contributed by atoms with Crippen molar-refractivity contribution < 1.29 is 77.1 Å². The van der Waals surface area contributed by atoms with Crippen molar-refractivity contribution in [3.05, 3.63) is 45.4 Å². The van der Waals surface area contributed by atoms with Crippen molar-refractivity contribution >= 4 is 51.4 Å². The van der Waals surface area contributed by atoms with Gasteiger partial charge < -0.3 is 15.3 Å². The first kappa shape index (κ1) is 63.8. The van der Waals surface area contributed by atoms with E-state index in [1.807, 2.05) is 6.07 Å². The second-order valence-corrected chi connectivity index (χ2v) is 21.8. The fraction of sp³-hybridized carbons (Fsp3) is 0.739. The Balaban J connectivity index is 0.000000417. The molecule has 25 heteroatoms. The Kier molecular flexibility index (Phi) is 25.5. The van der Waals surface area contributed by atoms with Gasteiger partial charge in [0.1, 0.15) is 0 Å². The summed E-state index contributed by atoms with van der Waals surface area (Å²) >= 11 is 1.48. The molecule has 13 nitrogen and oxygen atoms in total. The summed E-state index contributed by atoms with van der Waals surface area (Å²) < 4.78 is 136. The number of hydroxylamine groups is 3. The van der Waals surface area contributed by atoms with E-state index in [1.54, 1.807) is 27.1 Å². The third kappa shape index (κ3) is 19.5. The van der Waals surface area contributed by atoms with Gasteiger partial charge in [-0.3, -0.25) is 29.1 Å². The standard InChI is InChI=1S/C26H34F3N3O3S2.C10H16F3NO2.C8H11F3O2.C2H7NO.ClH/c1-4-37(34,35)21-10-9-20(30-13-21)12-31-25(33)22-11-18-15-32(23(16(2)3)24(18)36-22)14-17-5-7-19(8-6-17)26(27,28)29;1-14(16-2)9(15)7-3-5-8(6-4-7)10(11,12)13;9-8(10,11)6-3-1-5(2-4-6)7(12)13;1-3-4-2;/h9-11,13,16-17,19,23H,4-8,12,14-15H2,1-3H3,(H,31,33);7-8H,3-6H2,1-2H3;5-6H,1-4H2,(H,12,13);3H,1-2H3;1H. The SMILES string of the molecule is CCS(=O)(=O)c1ccc(CNC(=O)c2cc3c(s2)C(C(C)C)N(CC2CCC(C(F)(F)F)CC2)C3)nc1.CNOC.CON(C)C(=O)C1CCC(C(F)(F)F)CC1.Cl.O=C(O)C1CCC(C(F)(F)F)CC1. The molecule has 71 heavy (non-hydrogen) atoms. The van der Waals surface area contributed by atoms with Gasteiger partial charge in [-0.15, -0.1) is 23.7 Å². The molecule has 3 fully saturated rings. The number of carbonyl (C=O) groups excluding carboxylic acids is 2. The minimum Gasteiger partial charge on any atom is -0.481 e. The van der Waals surface area contributed by atoms with E-state index in [1.165, 1.54) is 37.8 Å². The van der Waals surface area contributed by atoms with Gasteiger partial charge in [0, 0.05) is 50.2 Å². The van der Waals surface area contributed by atoms with E-state index in [2.05, 4.69) is 39.4 Å². The number of aliphatic carboxylic acids is 1. The number of halogens is 10. The largest absolute Gasteiger partial charge is 0.481 e. The van der Waals surface area contributed by atoms with Crippen molar-refractivity contribution in [3.8, 4) is 0 Å². The summed E-state index contributed by atoms with van der Waals surface area (Å²) in [5.41, 5.74) is 4.11.